The van der Waals surface area contributed by atoms with Crippen LogP contribution >= 0.6 is 0 Å². The molecule has 0 aromatic rings. The van der Waals surface area contributed by atoms with E-state index < -0.39 is 0 Å². The second-order valence-corrected chi connectivity index (χ2v) is 0. The van der Waals surface area contributed by atoms with Crippen LogP contribution in [0.25, 0.3) is 0 Å². The molecule has 0 fully saturated rings. The van der Waals surface area contributed by atoms with Gasteiger partial charge >= 0.3 is 37.7 Å². The van der Waals surface area contributed by atoms with E-state index in [0.29, 0.717) is 0 Å². The summed E-state index contributed by atoms with van der Waals surface area (Å²) in [6.45, 7) is 0. The Kier molecular flexibility index (Phi) is 1150000. The first-order chi connectivity index (χ1) is 0. The molecule has 0 aromatic heterocycles. The van der Waals surface area contributed by atoms with Crippen molar-refractivity contribution in [2.75, 3.05) is 0 Å². The van der Waals surface area contributed by atoms with E-state index in [9.17, 15) is 0 Å². The molecule has 84 valence electrons. The van der Waals surface area contributed by atoms with Gasteiger partial charge in [0.1, 0.15) is 0 Å². The van der Waals surface area contributed by atoms with Crippen molar-refractivity contribution in [1.82, 2.24) is 0 Å². The molecule has 0 saturated heterocycles. The quantitative estimate of drug-likeness (QED) is 0.431. The summed E-state index contributed by atoms with van der Waals surface area (Å²) < 4.78 is 0. The fourth-order valence-electron chi connectivity index (χ4n) is 0. The Bertz CT molecular complexity index is 4.83. The number of halogens is 10. The van der Waals surface area contributed by atoms with Crippen LogP contribution in [0.4, 0.5) is 47.0 Å². The summed E-state index contributed by atoms with van der Waals surface area (Å²) >= 11 is 0. The average Bonchev–Trinajstić information content (AvgIpc) is 0. The number of rotatable bonds is 0. The SMILES string of the molecule is F.F.F.F.F.F.F.F.F.F.[CaH2]. The van der Waals surface area contributed by atoms with Gasteiger partial charge < -0.3 is 0 Å². The van der Waals surface area contributed by atoms with Crippen LogP contribution in [0.2, 0.25) is 0 Å². The van der Waals surface area contributed by atoms with E-state index in [1.165, 1.54) is 0 Å². The van der Waals surface area contributed by atoms with Crippen LogP contribution in [-0.4, -0.2) is 37.7 Å². The van der Waals surface area contributed by atoms with Gasteiger partial charge in [-0.25, -0.2) is 0 Å². The fourth-order valence-corrected chi connectivity index (χ4v) is 0. The van der Waals surface area contributed by atoms with E-state index >= 15 is 0 Å². The molecule has 0 N–H and O–H groups in total. The molecule has 0 aliphatic rings. The van der Waals surface area contributed by atoms with Gasteiger partial charge in [-0.15, -0.1) is 0 Å². The molecule has 0 aliphatic carbocycles. The van der Waals surface area contributed by atoms with Crippen LogP contribution in [0.3, 0.4) is 0 Å². The fraction of sp³-hybridized carbons (Fsp3) is 0. The summed E-state index contributed by atoms with van der Waals surface area (Å²) in [6, 6.07) is 0. The maximum atomic E-state index is 0. The maximum absolute atomic E-state index is 0. The predicted octanol–water partition coefficient (Wildman–Crippen LogP) is 0.609. The van der Waals surface area contributed by atoms with Crippen LogP contribution in [0.15, 0.2) is 0 Å². The first-order valence-electron chi connectivity index (χ1n) is 0. The molecule has 0 amide bonds. The summed E-state index contributed by atoms with van der Waals surface area (Å²) in [5.41, 5.74) is 0. The third-order valence-corrected chi connectivity index (χ3v) is 0. The van der Waals surface area contributed by atoms with Crippen molar-refractivity contribution in [3.8, 4) is 0 Å². The van der Waals surface area contributed by atoms with Crippen LogP contribution in [-0.2, 0) is 0 Å². The molecule has 0 atom stereocenters. The summed E-state index contributed by atoms with van der Waals surface area (Å²) in [5.74, 6) is 0. The zero-order valence-corrected chi connectivity index (χ0v) is 4.08. The number of hydrogen-bond acceptors (Lipinski definition) is 0. The molecule has 0 nitrogen and oxygen atoms in total. The van der Waals surface area contributed by atoms with Crippen molar-refractivity contribution in [3.05, 3.63) is 0 Å². The molecular weight excluding hydrogens is 230 g/mol. The minimum absolute atomic E-state index is 0. The Morgan fingerprint density at radius 2 is 0.182 bits per heavy atom. The van der Waals surface area contributed by atoms with Gasteiger partial charge in [-0.05, 0) is 0 Å². The van der Waals surface area contributed by atoms with Gasteiger partial charge in [0.25, 0.3) is 0 Å². The minimum atomic E-state index is 0. The first-order valence-corrected chi connectivity index (χ1v) is 0. The molecule has 0 aromatic carbocycles. The van der Waals surface area contributed by atoms with Gasteiger partial charge in [0.15, 0.2) is 0 Å². The zero-order chi connectivity index (χ0) is 0. The second-order valence-electron chi connectivity index (χ2n) is 0. The van der Waals surface area contributed by atoms with Crippen molar-refractivity contribution >= 4 is 37.7 Å². The first kappa shape index (κ1) is 4110. The van der Waals surface area contributed by atoms with Crippen LogP contribution < -0.4 is 0 Å². The zero-order valence-electron chi connectivity index (χ0n) is 4.08. The van der Waals surface area contributed by atoms with Gasteiger partial charge in [0, 0.05) is 0 Å². The van der Waals surface area contributed by atoms with Crippen molar-refractivity contribution in [2.45, 2.75) is 0 Å². The van der Waals surface area contributed by atoms with Gasteiger partial charge in [0.05, 0.1) is 0 Å². The van der Waals surface area contributed by atoms with Crippen molar-refractivity contribution < 1.29 is 47.0 Å². The van der Waals surface area contributed by atoms with Gasteiger partial charge in [-0.2, -0.15) is 0 Å². The Balaban J connectivity index is 0. The summed E-state index contributed by atoms with van der Waals surface area (Å²) in [4.78, 5) is 0. The van der Waals surface area contributed by atoms with E-state index in [4.69, 9.17) is 0 Å². The second kappa shape index (κ2) is 3080. The molecule has 11 heteroatoms. The molecule has 0 aliphatic heterocycles. The van der Waals surface area contributed by atoms with E-state index in [1.807, 2.05) is 0 Å². The van der Waals surface area contributed by atoms with E-state index in [-0.39, 0.29) is 84.8 Å². The third-order valence-electron chi connectivity index (χ3n) is 0. The molecule has 0 spiro atoms. The Hall–Kier alpha value is 0.560. The summed E-state index contributed by atoms with van der Waals surface area (Å²) in [5, 5.41) is 0. The predicted molar refractivity (Wildman–Crippen MR) is 33.6 cm³/mol. The Morgan fingerprint density at radius 1 is 0.182 bits per heavy atom. The number of hydrogen-bond donors (Lipinski definition) is 0. The average molecular weight is 242 g/mol. The topological polar surface area (TPSA) is 0 Å². The summed E-state index contributed by atoms with van der Waals surface area (Å²) in [6.07, 6.45) is 0. The molecule has 0 saturated carbocycles. The Labute approximate surface area is 84.8 Å². The van der Waals surface area contributed by atoms with Crippen LogP contribution in [0.5, 0.6) is 0 Å². The van der Waals surface area contributed by atoms with Crippen LogP contribution in [0, 0.1) is 0 Å². The van der Waals surface area contributed by atoms with E-state index in [1.54, 1.807) is 0 Å². The van der Waals surface area contributed by atoms with Gasteiger partial charge in [-0.1, -0.05) is 0 Å². The molecule has 0 unspecified atom stereocenters. The monoisotopic (exact) mass is 242 g/mol. The molecule has 11 heavy (non-hydrogen) atoms. The normalized spacial score (nSPS) is 0. The van der Waals surface area contributed by atoms with Crippen molar-refractivity contribution in [3.63, 3.8) is 0 Å². The van der Waals surface area contributed by atoms with Crippen molar-refractivity contribution in [1.29, 1.82) is 0 Å². The molecule has 0 bridgehead atoms. The standard InChI is InChI=1S/Ca.10FH.2H/h;10*1H;;. The molecule has 0 radical (unpaired) electrons. The molecule has 0 heterocycles. The van der Waals surface area contributed by atoms with Crippen LogP contribution in [0.1, 0.15) is 0 Å². The molecule has 0 rings (SSSR count). The van der Waals surface area contributed by atoms with Gasteiger partial charge in [-0.3, -0.25) is 47.0 Å². The summed E-state index contributed by atoms with van der Waals surface area (Å²) in [7, 11) is 0. The van der Waals surface area contributed by atoms with E-state index in [2.05, 4.69) is 0 Å². The van der Waals surface area contributed by atoms with Gasteiger partial charge in [0.2, 0.25) is 0 Å². The Morgan fingerprint density at radius 3 is 0.182 bits per heavy atom. The molecular formula is H12CaF10. The van der Waals surface area contributed by atoms with E-state index in [0.717, 1.165) is 0 Å². The van der Waals surface area contributed by atoms with Crippen molar-refractivity contribution in [2.24, 2.45) is 0 Å². The third kappa shape index (κ3) is 2470.